The highest BCUT2D eigenvalue weighted by molar-refractivity contribution is 6.82. The summed E-state index contributed by atoms with van der Waals surface area (Å²) >= 11 is 0. The van der Waals surface area contributed by atoms with E-state index in [-0.39, 0.29) is 5.54 Å². The van der Waals surface area contributed by atoms with Crippen molar-refractivity contribution in [2.75, 3.05) is 0 Å². The molecule has 3 atom stereocenters. The molecule has 0 bridgehead atoms. The maximum Gasteiger partial charge on any atom is 0.0902 e. The quantitative estimate of drug-likeness (QED) is 0.565. The van der Waals surface area contributed by atoms with Crippen LogP contribution < -0.4 is 0 Å². The van der Waals surface area contributed by atoms with Crippen LogP contribution in [0.1, 0.15) is 27.2 Å². The molecule has 0 saturated carbocycles. The van der Waals surface area contributed by atoms with Crippen molar-refractivity contribution < 1.29 is 4.74 Å². The number of nitrogens with zero attached hydrogens (tertiary/aromatic N) is 1. The smallest absolute Gasteiger partial charge is 0.0902 e. The van der Waals surface area contributed by atoms with Crippen molar-refractivity contribution in [1.29, 1.82) is 5.26 Å². The van der Waals surface area contributed by atoms with Gasteiger partial charge in [0.25, 0.3) is 0 Å². The fourth-order valence-corrected chi connectivity index (χ4v) is 5.98. The number of epoxide rings is 1. The maximum absolute atomic E-state index is 9.33. The van der Waals surface area contributed by atoms with Crippen molar-refractivity contribution in [3.8, 4) is 6.07 Å². The van der Waals surface area contributed by atoms with Crippen LogP contribution in [-0.2, 0) is 4.74 Å². The van der Waals surface area contributed by atoms with E-state index in [1.54, 1.807) is 0 Å². The summed E-state index contributed by atoms with van der Waals surface area (Å²) in [5.74, 6) is 0. The zero-order valence-corrected chi connectivity index (χ0v) is 15.3. The topological polar surface area (TPSA) is 36.3 Å². The van der Waals surface area contributed by atoms with Gasteiger partial charge in [-0.1, -0.05) is 53.5 Å². The van der Waals surface area contributed by atoms with Gasteiger partial charge >= 0.3 is 0 Å². The zero-order chi connectivity index (χ0) is 14.4. The molecule has 1 fully saturated rings. The summed E-state index contributed by atoms with van der Waals surface area (Å²) in [7, 11) is -2.76. The van der Waals surface area contributed by atoms with Gasteiger partial charge in [0, 0.05) is 5.54 Å². The third-order valence-electron chi connectivity index (χ3n) is 4.90. The summed E-state index contributed by atoms with van der Waals surface area (Å²) in [4.78, 5) is 0. The van der Waals surface area contributed by atoms with Crippen LogP contribution in [0, 0.1) is 11.3 Å². The first kappa shape index (κ1) is 15.9. The molecule has 2 nitrogen and oxygen atoms in total. The molecule has 0 N–H and O–H groups in total. The molecule has 18 heavy (non-hydrogen) atoms. The fourth-order valence-electron chi connectivity index (χ4n) is 2.22. The Morgan fingerprint density at radius 1 is 1.17 bits per heavy atom. The molecule has 0 spiro atoms. The van der Waals surface area contributed by atoms with Crippen LogP contribution in [0.2, 0.25) is 43.3 Å². The first-order valence-corrected chi connectivity index (χ1v) is 13.6. The molecule has 1 aliphatic rings. The zero-order valence-electron chi connectivity index (χ0n) is 13.3. The highest BCUT2D eigenvalue weighted by Crippen LogP contribution is 2.48. The monoisotopic (exact) mass is 283 g/mol. The second kappa shape index (κ2) is 4.77. The third-order valence-corrected chi connectivity index (χ3v) is 13.1. The van der Waals surface area contributed by atoms with Gasteiger partial charge in [0.1, 0.15) is 0 Å². The minimum Gasteiger partial charge on any atom is -0.373 e. The van der Waals surface area contributed by atoms with E-state index < -0.39 is 16.1 Å². The number of rotatable bonds is 4. The molecule has 1 rings (SSSR count). The largest absolute Gasteiger partial charge is 0.373 e. The number of nitriles is 1. The van der Waals surface area contributed by atoms with Crippen molar-refractivity contribution >= 4 is 16.1 Å². The van der Waals surface area contributed by atoms with E-state index >= 15 is 0 Å². The van der Waals surface area contributed by atoms with Crippen LogP contribution in [0.3, 0.4) is 0 Å². The summed E-state index contributed by atoms with van der Waals surface area (Å²) in [5.41, 5.74) is 0.696. The molecule has 0 radical (unpaired) electrons. The summed E-state index contributed by atoms with van der Waals surface area (Å²) in [5, 5.41) is 9.70. The number of hydrogen-bond acceptors (Lipinski definition) is 2. The molecular formula is C14H29NOSi2. The summed E-state index contributed by atoms with van der Waals surface area (Å²) in [6, 6.07) is 2.52. The Morgan fingerprint density at radius 3 is 2.00 bits per heavy atom. The molecule has 1 heterocycles. The first-order valence-electron chi connectivity index (χ1n) is 6.96. The van der Waals surface area contributed by atoms with Gasteiger partial charge < -0.3 is 4.74 Å². The Balaban J connectivity index is 2.65. The summed E-state index contributed by atoms with van der Waals surface area (Å²) in [6.45, 7) is 18.7. The molecule has 0 aromatic rings. The lowest BCUT2D eigenvalue weighted by atomic mass is 10.2. The molecule has 104 valence electrons. The Morgan fingerprint density at radius 2 is 1.67 bits per heavy atom. The third kappa shape index (κ3) is 3.25. The van der Waals surface area contributed by atoms with E-state index in [1.807, 2.05) is 0 Å². The van der Waals surface area contributed by atoms with E-state index in [9.17, 15) is 5.26 Å². The van der Waals surface area contributed by atoms with Crippen LogP contribution >= 0.6 is 0 Å². The maximum atomic E-state index is 9.33. The highest BCUT2D eigenvalue weighted by atomic mass is 28.3. The Labute approximate surface area is 115 Å². The van der Waals surface area contributed by atoms with Crippen molar-refractivity contribution in [1.82, 2.24) is 0 Å². The van der Waals surface area contributed by atoms with E-state index in [2.05, 4.69) is 59.6 Å². The van der Waals surface area contributed by atoms with E-state index in [0.29, 0.717) is 16.9 Å². The standard InChI is InChI=1S/C14H29NOSi2/c1-14(2,3)18(7,8)13-12(16-13)9-11(10-15)17(4,5)6/h11-13H,9H2,1-8H3/t11?,12-,13-/m1/s1. The Kier molecular flexibility index (Phi) is 4.22. The molecule has 0 aliphatic carbocycles. The van der Waals surface area contributed by atoms with E-state index in [0.717, 1.165) is 6.42 Å². The van der Waals surface area contributed by atoms with Gasteiger partial charge in [0.05, 0.1) is 34.0 Å². The van der Waals surface area contributed by atoms with E-state index in [4.69, 9.17) is 4.74 Å². The van der Waals surface area contributed by atoms with Gasteiger partial charge in [0.2, 0.25) is 0 Å². The molecule has 4 heteroatoms. The molecular weight excluding hydrogens is 254 g/mol. The predicted octanol–water partition coefficient (Wildman–Crippen LogP) is 4.42. The van der Waals surface area contributed by atoms with Crippen LogP contribution in [0.25, 0.3) is 0 Å². The molecule has 1 aliphatic heterocycles. The summed E-state index contributed by atoms with van der Waals surface area (Å²) < 4.78 is 5.97. The van der Waals surface area contributed by atoms with Gasteiger partial charge in [-0.15, -0.1) is 0 Å². The normalized spacial score (nSPS) is 26.6. The molecule has 0 aromatic heterocycles. The average Bonchev–Trinajstić information content (AvgIpc) is 2.89. The van der Waals surface area contributed by atoms with Crippen molar-refractivity contribution in [3.63, 3.8) is 0 Å². The van der Waals surface area contributed by atoms with Crippen LogP contribution in [0.15, 0.2) is 0 Å². The fraction of sp³-hybridized carbons (Fsp3) is 0.929. The Hall–Kier alpha value is -0.116. The molecule has 0 aromatic carbocycles. The van der Waals surface area contributed by atoms with Gasteiger partial charge in [-0.2, -0.15) is 5.26 Å². The SMILES string of the molecule is CC(C)(C)[Si](C)(C)[C@H]1O[C@@H]1CC(C#N)[Si](C)(C)C. The Bertz CT molecular complexity index is 346. The lowest BCUT2D eigenvalue weighted by molar-refractivity contribution is 0.382. The summed E-state index contributed by atoms with van der Waals surface area (Å²) in [6.07, 6.45) is 1.32. The van der Waals surface area contributed by atoms with Crippen LogP contribution in [0.5, 0.6) is 0 Å². The lowest BCUT2D eigenvalue weighted by Gasteiger charge is -2.35. The number of ether oxygens (including phenoxy) is 1. The predicted molar refractivity (Wildman–Crippen MR) is 83.2 cm³/mol. The minimum atomic E-state index is -1.39. The van der Waals surface area contributed by atoms with Gasteiger partial charge in [0.15, 0.2) is 0 Å². The van der Waals surface area contributed by atoms with Crippen LogP contribution in [-0.4, -0.2) is 28.0 Å². The first-order chi connectivity index (χ1) is 7.91. The van der Waals surface area contributed by atoms with Crippen molar-refractivity contribution in [2.45, 2.75) is 82.3 Å². The van der Waals surface area contributed by atoms with Crippen LogP contribution in [0.4, 0.5) is 0 Å². The van der Waals surface area contributed by atoms with Crippen molar-refractivity contribution in [2.24, 2.45) is 0 Å². The minimum absolute atomic E-state index is 0.234. The van der Waals surface area contributed by atoms with Crippen molar-refractivity contribution in [3.05, 3.63) is 0 Å². The number of hydrogen-bond donors (Lipinski definition) is 0. The van der Waals surface area contributed by atoms with E-state index in [1.165, 1.54) is 0 Å². The van der Waals surface area contributed by atoms with Gasteiger partial charge in [-0.3, -0.25) is 0 Å². The lowest BCUT2D eigenvalue weighted by Crippen LogP contribution is -2.44. The second-order valence-corrected chi connectivity index (χ2v) is 19.3. The molecule has 1 saturated heterocycles. The molecule has 0 amide bonds. The molecule has 1 unspecified atom stereocenters. The second-order valence-electron chi connectivity index (χ2n) is 8.35. The average molecular weight is 284 g/mol. The highest BCUT2D eigenvalue weighted by Gasteiger charge is 2.56. The van der Waals surface area contributed by atoms with Gasteiger partial charge in [-0.05, 0) is 11.5 Å². The van der Waals surface area contributed by atoms with Gasteiger partial charge in [-0.25, -0.2) is 0 Å².